The molecule has 1 saturated heterocycles. The number of carbonyl (C=O) groups excluding carboxylic acids is 3. The van der Waals surface area contributed by atoms with Gasteiger partial charge in [0.2, 0.25) is 0 Å². The zero-order valence-corrected chi connectivity index (χ0v) is 19.1. The van der Waals surface area contributed by atoms with E-state index >= 15 is 0 Å². The molecule has 5 aliphatic rings. The van der Waals surface area contributed by atoms with Gasteiger partial charge in [-0.1, -0.05) is 12.5 Å². The highest BCUT2D eigenvalue weighted by Crippen LogP contribution is 2.66. The van der Waals surface area contributed by atoms with Crippen LogP contribution >= 0.6 is 0 Å². The number of carbonyl (C=O) groups is 3. The van der Waals surface area contributed by atoms with Crippen molar-refractivity contribution in [1.29, 1.82) is 0 Å². The molecule has 4 fully saturated rings. The molecule has 1 aliphatic heterocycles. The molecule has 3 saturated carbocycles. The molecule has 0 bridgehead atoms. The van der Waals surface area contributed by atoms with Gasteiger partial charge in [0.25, 0.3) is 0 Å². The van der Waals surface area contributed by atoms with Gasteiger partial charge in [0.15, 0.2) is 11.6 Å². The van der Waals surface area contributed by atoms with Crippen LogP contribution in [-0.2, 0) is 14.4 Å². The molecule has 1 heterocycles. The normalized spacial score (nSPS) is 43.0. The number of aldehydes is 1. The molecule has 7 atom stereocenters. The average molecular weight is 447 g/mol. The van der Waals surface area contributed by atoms with Crippen LogP contribution in [0.5, 0.6) is 0 Å². The number of allylic oxidation sites excluding steroid dienone is 1. The number of nitrogens with one attached hydrogen (secondary N) is 2. The molecular formula is C25H38N2O5. The second-order valence-electron chi connectivity index (χ2n) is 10.6. The number of fused-ring (bicyclic) bond motifs is 5. The van der Waals surface area contributed by atoms with E-state index in [0.717, 1.165) is 63.7 Å². The maximum Gasteiger partial charge on any atom is 0.162 e. The van der Waals surface area contributed by atoms with Crippen molar-refractivity contribution in [2.24, 2.45) is 34.5 Å². The summed E-state index contributed by atoms with van der Waals surface area (Å²) in [5.41, 5.74) is 0.140. The smallest absolute Gasteiger partial charge is 0.162 e. The quantitative estimate of drug-likeness (QED) is 0.479. The summed E-state index contributed by atoms with van der Waals surface area (Å²) in [6.45, 7) is 6.19. The zero-order chi connectivity index (χ0) is 22.9. The van der Waals surface area contributed by atoms with E-state index in [1.54, 1.807) is 6.08 Å². The third-order valence-corrected chi connectivity index (χ3v) is 9.22. The van der Waals surface area contributed by atoms with Crippen molar-refractivity contribution in [3.8, 4) is 0 Å². The first-order valence-corrected chi connectivity index (χ1v) is 12.3. The Kier molecular flexibility index (Phi) is 7.01. The summed E-state index contributed by atoms with van der Waals surface area (Å²) in [4.78, 5) is 36.4. The van der Waals surface area contributed by atoms with Crippen LogP contribution in [0.25, 0.3) is 0 Å². The van der Waals surface area contributed by atoms with Crippen molar-refractivity contribution >= 4 is 17.9 Å². The molecule has 7 heteroatoms. The number of Topliss-reactive ketones (excluding diaryl/α,β-unsaturated/α-hetero) is 1. The molecule has 0 aromatic heterocycles. The summed E-state index contributed by atoms with van der Waals surface area (Å²) >= 11 is 0. The van der Waals surface area contributed by atoms with Crippen molar-refractivity contribution in [2.75, 3.05) is 32.8 Å². The molecule has 178 valence electrons. The van der Waals surface area contributed by atoms with Crippen LogP contribution in [0.1, 0.15) is 51.9 Å². The minimum atomic E-state index is -0.831. The van der Waals surface area contributed by atoms with Gasteiger partial charge in [-0.3, -0.25) is 9.59 Å². The number of piperazine rings is 1. The van der Waals surface area contributed by atoms with Crippen molar-refractivity contribution in [3.63, 3.8) is 0 Å². The minimum absolute atomic E-state index is 0.0386. The summed E-state index contributed by atoms with van der Waals surface area (Å²) in [6.07, 6.45) is 6.75. The highest BCUT2D eigenvalue weighted by Gasteiger charge is 2.64. The molecule has 7 nitrogen and oxygen atoms in total. The number of rotatable bonds is 3. The monoisotopic (exact) mass is 446 g/mol. The van der Waals surface area contributed by atoms with Crippen LogP contribution in [0.2, 0.25) is 0 Å². The van der Waals surface area contributed by atoms with Gasteiger partial charge in [-0.15, -0.1) is 0 Å². The second-order valence-corrected chi connectivity index (χ2v) is 10.6. The van der Waals surface area contributed by atoms with Gasteiger partial charge in [0.05, 0.1) is 6.10 Å². The molecule has 0 aromatic rings. The van der Waals surface area contributed by atoms with E-state index in [2.05, 4.69) is 17.6 Å². The Bertz CT molecular complexity index is 767. The van der Waals surface area contributed by atoms with Gasteiger partial charge in [-0.2, -0.15) is 0 Å². The van der Waals surface area contributed by atoms with Gasteiger partial charge in [-0.25, -0.2) is 0 Å². The van der Waals surface area contributed by atoms with Crippen LogP contribution in [0.3, 0.4) is 0 Å². The first kappa shape index (κ1) is 23.7. The molecule has 5 rings (SSSR count). The largest absolute Gasteiger partial charge is 0.393 e. The first-order chi connectivity index (χ1) is 15.4. The summed E-state index contributed by atoms with van der Waals surface area (Å²) in [5, 5.41) is 26.9. The van der Waals surface area contributed by atoms with Crippen LogP contribution in [0.15, 0.2) is 11.6 Å². The minimum Gasteiger partial charge on any atom is -0.393 e. The molecular weight excluding hydrogens is 408 g/mol. The summed E-state index contributed by atoms with van der Waals surface area (Å²) in [5.74, 6) is -0.241. The SMILES string of the molecule is C1CNCCN1.C[C@]12CCC(=O)C=C1CC[C@@H]1[C@@H]2[C@@H](O)C[C@]2(C=O)[C@@H](C(=O)CO)CC[C@@H]12. The average Bonchev–Trinajstić information content (AvgIpc) is 3.20. The van der Waals surface area contributed by atoms with E-state index in [9.17, 15) is 24.6 Å². The van der Waals surface area contributed by atoms with Crippen molar-refractivity contribution in [1.82, 2.24) is 10.6 Å². The molecule has 0 radical (unpaired) electrons. The van der Waals surface area contributed by atoms with Gasteiger partial charge in [0.1, 0.15) is 12.9 Å². The van der Waals surface area contributed by atoms with Crippen molar-refractivity contribution in [2.45, 2.75) is 58.0 Å². The number of aliphatic hydroxyl groups excluding tert-OH is 2. The fourth-order valence-electron chi connectivity index (χ4n) is 7.78. The Labute approximate surface area is 190 Å². The third-order valence-electron chi connectivity index (χ3n) is 9.22. The predicted molar refractivity (Wildman–Crippen MR) is 120 cm³/mol. The van der Waals surface area contributed by atoms with Gasteiger partial charge in [0, 0.05) is 43.9 Å². The van der Waals surface area contributed by atoms with Gasteiger partial charge < -0.3 is 25.6 Å². The standard InChI is InChI=1S/C21H28O5.C4H10N2/c1-20-7-6-13(24)8-12(20)2-3-14-15-4-5-16(18(26)10-22)21(15,11-23)9-17(25)19(14)20;1-2-6-4-3-5-1/h8,11,14-17,19,22,25H,2-7,9-10H2,1H3;5-6H,1-4H2/t14-,15-,16+,17-,19+,20-,21+;/m0./s1. The lowest BCUT2D eigenvalue weighted by atomic mass is 9.45. The molecule has 32 heavy (non-hydrogen) atoms. The maximum absolute atomic E-state index is 12.3. The fraction of sp³-hybridized carbons (Fsp3) is 0.800. The Hall–Kier alpha value is -1.41. The van der Waals surface area contributed by atoms with E-state index < -0.39 is 24.0 Å². The van der Waals surface area contributed by atoms with Crippen LogP contribution in [0.4, 0.5) is 0 Å². The highest BCUT2D eigenvalue weighted by molar-refractivity contribution is 5.91. The fourth-order valence-corrected chi connectivity index (χ4v) is 7.78. The highest BCUT2D eigenvalue weighted by atomic mass is 16.3. The van der Waals surface area contributed by atoms with E-state index in [4.69, 9.17) is 0 Å². The molecule has 0 amide bonds. The van der Waals surface area contributed by atoms with Crippen LogP contribution in [-0.4, -0.2) is 67.0 Å². The summed E-state index contributed by atoms with van der Waals surface area (Å²) in [7, 11) is 0. The van der Waals surface area contributed by atoms with Crippen LogP contribution < -0.4 is 10.6 Å². The van der Waals surface area contributed by atoms with Crippen molar-refractivity contribution < 1.29 is 24.6 Å². The number of hydrogen-bond donors (Lipinski definition) is 4. The van der Waals surface area contributed by atoms with E-state index in [0.29, 0.717) is 19.3 Å². The Morgan fingerprint density at radius 1 is 1.16 bits per heavy atom. The molecule has 0 unspecified atom stereocenters. The van der Waals surface area contributed by atoms with E-state index in [-0.39, 0.29) is 34.7 Å². The predicted octanol–water partition coefficient (Wildman–Crippen LogP) is 1.02. The number of hydrogen-bond acceptors (Lipinski definition) is 7. The summed E-state index contributed by atoms with van der Waals surface area (Å²) < 4.78 is 0. The third kappa shape index (κ3) is 3.91. The van der Waals surface area contributed by atoms with Crippen LogP contribution in [0, 0.1) is 34.5 Å². The topological polar surface area (TPSA) is 116 Å². The zero-order valence-electron chi connectivity index (χ0n) is 19.1. The second kappa shape index (κ2) is 9.45. The Balaban J connectivity index is 0.000000354. The summed E-state index contributed by atoms with van der Waals surface area (Å²) in [6, 6.07) is 0. The Morgan fingerprint density at radius 2 is 1.84 bits per heavy atom. The lowest BCUT2D eigenvalue weighted by molar-refractivity contribution is -0.157. The molecule has 4 aliphatic carbocycles. The van der Waals surface area contributed by atoms with E-state index in [1.165, 1.54) is 0 Å². The maximum atomic E-state index is 12.3. The number of aliphatic hydroxyl groups is 2. The van der Waals surface area contributed by atoms with Crippen molar-refractivity contribution in [3.05, 3.63) is 11.6 Å². The molecule has 4 N–H and O–H groups in total. The van der Waals surface area contributed by atoms with Gasteiger partial charge >= 0.3 is 0 Å². The molecule has 0 aromatic carbocycles. The number of ketones is 2. The van der Waals surface area contributed by atoms with E-state index in [1.807, 2.05) is 0 Å². The first-order valence-electron chi connectivity index (χ1n) is 12.3. The molecule has 0 spiro atoms. The lowest BCUT2D eigenvalue weighted by Crippen LogP contribution is -2.58. The Morgan fingerprint density at radius 3 is 2.44 bits per heavy atom. The lowest BCUT2D eigenvalue weighted by Gasteiger charge is -2.59. The van der Waals surface area contributed by atoms with Gasteiger partial charge in [-0.05, 0) is 67.8 Å².